The number of pyridine rings is 2. The van der Waals surface area contributed by atoms with Gasteiger partial charge >= 0.3 is 0 Å². The van der Waals surface area contributed by atoms with Crippen molar-refractivity contribution in [2.75, 3.05) is 30.5 Å². The first-order valence-electron chi connectivity index (χ1n) is 12.1. The molecule has 4 aromatic rings. The molecule has 1 unspecified atom stereocenters. The van der Waals surface area contributed by atoms with E-state index >= 15 is 0 Å². The Hall–Kier alpha value is -4.12. The number of likely N-dealkylation sites (N-methyl/N-ethyl adjacent to an activating group) is 1. The minimum atomic E-state index is -0.348. The molecule has 37 heavy (non-hydrogen) atoms. The summed E-state index contributed by atoms with van der Waals surface area (Å²) in [4.78, 5) is 23.9. The van der Waals surface area contributed by atoms with Crippen LogP contribution in [0.2, 0.25) is 0 Å². The number of hydrogen-bond donors (Lipinski definition) is 1. The Kier molecular flexibility index (Phi) is 6.46. The normalized spacial score (nSPS) is 15.6. The zero-order valence-electron chi connectivity index (χ0n) is 21.6. The van der Waals surface area contributed by atoms with Gasteiger partial charge in [0.15, 0.2) is 5.82 Å². The fourth-order valence-electron chi connectivity index (χ4n) is 4.07. The lowest BCUT2D eigenvalue weighted by atomic mass is 9.93. The molecule has 0 aliphatic carbocycles. The highest BCUT2D eigenvalue weighted by Crippen LogP contribution is 2.26. The van der Waals surface area contributed by atoms with Crippen molar-refractivity contribution >= 4 is 17.4 Å². The van der Waals surface area contributed by atoms with E-state index in [1.807, 2.05) is 47.0 Å². The van der Waals surface area contributed by atoms with E-state index in [-0.39, 0.29) is 11.3 Å². The topological polar surface area (TPSA) is 124 Å². The third-order valence-corrected chi connectivity index (χ3v) is 6.43. The molecule has 1 aliphatic rings. The molecular weight excluding hydrogens is 472 g/mol. The number of carbonyl (C=O) groups is 1. The van der Waals surface area contributed by atoms with Gasteiger partial charge in [-0.25, -0.2) is 4.68 Å². The maximum absolute atomic E-state index is 12.9. The molecule has 1 fully saturated rings. The second-order valence-corrected chi connectivity index (χ2v) is 10.2. The second kappa shape index (κ2) is 9.74. The van der Waals surface area contributed by atoms with E-state index in [4.69, 9.17) is 9.26 Å². The van der Waals surface area contributed by atoms with E-state index in [1.165, 1.54) is 6.20 Å². The highest BCUT2D eigenvalue weighted by atomic mass is 16.5. The summed E-state index contributed by atoms with van der Waals surface area (Å²) in [7, 11) is 2.05. The van der Waals surface area contributed by atoms with Crippen LogP contribution < -0.4 is 10.2 Å². The Morgan fingerprint density at radius 3 is 2.76 bits per heavy atom. The highest BCUT2D eigenvalue weighted by molar-refractivity contribution is 6.03. The van der Waals surface area contributed by atoms with E-state index < -0.39 is 0 Å². The largest absolute Gasteiger partial charge is 0.379 e. The molecule has 1 N–H and O–H groups in total. The number of nitrogens with zero attached hydrogens (tertiary/aromatic N) is 7. The fourth-order valence-corrected chi connectivity index (χ4v) is 4.07. The monoisotopic (exact) mass is 502 g/mol. The number of ether oxygens (including phenoxy) is 1. The van der Waals surface area contributed by atoms with Gasteiger partial charge in [-0.05, 0) is 25.5 Å². The zero-order valence-corrected chi connectivity index (χ0v) is 21.6. The zero-order chi connectivity index (χ0) is 26.2. The summed E-state index contributed by atoms with van der Waals surface area (Å²) in [6.45, 7) is 9.37. The van der Waals surface area contributed by atoms with E-state index in [2.05, 4.69) is 35.7 Å². The maximum atomic E-state index is 12.9. The first kappa shape index (κ1) is 24.6. The van der Waals surface area contributed by atoms with E-state index in [0.29, 0.717) is 46.9 Å². The molecule has 192 valence electrons. The number of aromatic nitrogens is 6. The standard InChI is InChI=1S/C26H30N8O3/c1-16-22(9-18(12-28-16)25(35)29-24-10-23(37-31-24)26(2,3)4)34-14-21(30-32-34)17-8-20(13-27-11-17)33(5)19-6-7-36-15-19/h8-14,19H,6-7,15H2,1-5H3,(H,29,31,35). The summed E-state index contributed by atoms with van der Waals surface area (Å²) in [5.41, 5.74) is 3.99. The summed E-state index contributed by atoms with van der Waals surface area (Å²) in [6, 6.07) is 5.82. The molecule has 0 spiro atoms. The van der Waals surface area contributed by atoms with Crippen molar-refractivity contribution < 1.29 is 14.1 Å². The molecule has 0 bridgehead atoms. The van der Waals surface area contributed by atoms with Gasteiger partial charge in [-0.3, -0.25) is 14.8 Å². The van der Waals surface area contributed by atoms with Crippen molar-refractivity contribution in [2.24, 2.45) is 0 Å². The molecule has 5 heterocycles. The molecule has 11 nitrogen and oxygen atoms in total. The van der Waals surface area contributed by atoms with Gasteiger partial charge in [0.1, 0.15) is 11.5 Å². The van der Waals surface area contributed by atoms with Gasteiger partial charge in [-0.15, -0.1) is 5.10 Å². The molecule has 1 saturated heterocycles. The van der Waals surface area contributed by atoms with Crippen LogP contribution >= 0.6 is 0 Å². The maximum Gasteiger partial charge on any atom is 0.258 e. The molecule has 0 aromatic carbocycles. The summed E-state index contributed by atoms with van der Waals surface area (Å²) in [6.07, 6.45) is 7.91. The van der Waals surface area contributed by atoms with Crippen LogP contribution in [-0.2, 0) is 10.2 Å². The van der Waals surface area contributed by atoms with Crippen molar-refractivity contribution in [1.82, 2.24) is 30.1 Å². The molecular formula is C26H30N8O3. The first-order chi connectivity index (χ1) is 17.7. The van der Waals surface area contributed by atoms with Crippen LogP contribution in [0.25, 0.3) is 16.9 Å². The molecule has 0 saturated carbocycles. The quantitative estimate of drug-likeness (QED) is 0.419. The predicted octanol–water partition coefficient (Wildman–Crippen LogP) is 3.80. The Morgan fingerprint density at radius 2 is 2.03 bits per heavy atom. The Labute approximate surface area is 214 Å². The summed E-state index contributed by atoms with van der Waals surface area (Å²) in [5.74, 6) is 0.683. The molecule has 11 heteroatoms. The minimum Gasteiger partial charge on any atom is -0.379 e. The molecule has 1 atom stereocenters. The lowest BCUT2D eigenvalue weighted by Gasteiger charge is -2.25. The Balaban J connectivity index is 1.36. The fraction of sp³-hybridized carbons (Fsp3) is 0.385. The van der Waals surface area contributed by atoms with Crippen LogP contribution in [0.5, 0.6) is 0 Å². The van der Waals surface area contributed by atoms with Crippen LogP contribution in [0.15, 0.2) is 47.5 Å². The third kappa shape index (κ3) is 5.21. The lowest BCUT2D eigenvalue weighted by Crippen LogP contribution is -2.31. The molecule has 4 aromatic heterocycles. The van der Waals surface area contributed by atoms with E-state index in [1.54, 1.807) is 29.2 Å². The number of rotatable bonds is 6. The summed E-state index contributed by atoms with van der Waals surface area (Å²) in [5, 5.41) is 15.4. The molecule has 5 rings (SSSR count). The van der Waals surface area contributed by atoms with E-state index in [0.717, 1.165) is 24.3 Å². The molecule has 1 aliphatic heterocycles. The van der Waals surface area contributed by atoms with Gasteiger partial charge < -0.3 is 19.5 Å². The summed E-state index contributed by atoms with van der Waals surface area (Å²) < 4.78 is 12.5. The van der Waals surface area contributed by atoms with Crippen LogP contribution in [0, 0.1) is 6.92 Å². The average molecular weight is 503 g/mol. The second-order valence-electron chi connectivity index (χ2n) is 10.2. The van der Waals surface area contributed by atoms with Gasteiger partial charge in [0.2, 0.25) is 0 Å². The smallest absolute Gasteiger partial charge is 0.258 e. The molecule has 1 amide bonds. The third-order valence-electron chi connectivity index (χ3n) is 6.43. The van der Waals surface area contributed by atoms with Gasteiger partial charge in [0.25, 0.3) is 5.91 Å². The number of amides is 1. The number of aryl methyl sites for hydroxylation is 1. The van der Waals surface area contributed by atoms with Crippen LogP contribution in [0.1, 0.15) is 49.0 Å². The van der Waals surface area contributed by atoms with Gasteiger partial charge in [0, 0.05) is 43.1 Å². The number of carbonyl (C=O) groups excluding carboxylic acids is 1. The van der Waals surface area contributed by atoms with Crippen molar-refractivity contribution in [3.8, 4) is 16.9 Å². The van der Waals surface area contributed by atoms with Crippen molar-refractivity contribution in [3.05, 3.63) is 60.0 Å². The Bertz CT molecular complexity index is 1420. The predicted molar refractivity (Wildman–Crippen MR) is 138 cm³/mol. The van der Waals surface area contributed by atoms with Crippen LogP contribution in [-0.4, -0.2) is 62.3 Å². The van der Waals surface area contributed by atoms with Crippen molar-refractivity contribution in [3.63, 3.8) is 0 Å². The number of nitrogens with one attached hydrogen (secondary N) is 1. The SMILES string of the molecule is Cc1ncc(C(=O)Nc2cc(C(C)(C)C)on2)cc1-n1cc(-c2cncc(N(C)C3CCOC3)c2)nn1. The summed E-state index contributed by atoms with van der Waals surface area (Å²) >= 11 is 0. The first-order valence-corrected chi connectivity index (χ1v) is 12.1. The average Bonchev–Trinajstić information content (AvgIpc) is 3.65. The minimum absolute atomic E-state index is 0.214. The van der Waals surface area contributed by atoms with Gasteiger partial charge in [-0.2, -0.15) is 0 Å². The van der Waals surface area contributed by atoms with Crippen LogP contribution in [0.4, 0.5) is 11.5 Å². The van der Waals surface area contributed by atoms with Gasteiger partial charge in [-0.1, -0.05) is 31.1 Å². The number of anilines is 2. The van der Waals surface area contributed by atoms with E-state index in [9.17, 15) is 4.79 Å². The van der Waals surface area contributed by atoms with Crippen LogP contribution in [0.3, 0.4) is 0 Å². The van der Waals surface area contributed by atoms with Gasteiger partial charge in [0.05, 0.1) is 47.7 Å². The van der Waals surface area contributed by atoms with Crippen molar-refractivity contribution in [1.29, 1.82) is 0 Å². The van der Waals surface area contributed by atoms with Crippen molar-refractivity contribution in [2.45, 2.75) is 45.6 Å². The number of hydrogen-bond acceptors (Lipinski definition) is 9. The highest BCUT2D eigenvalue weighted by Gasteiger charge is 2.22. The Morgan fingerprint density at radius 1 is 1.19 bits per heavy atom. The molecule has 0 radical (unpaired) electrons. The lowest BCUT2D eigenvalue weighted by molar-refractivity contribution is 0.102.